The van der Waals surface area contributed by atoms with Crippen molar-refractivity contribution in [3.63, 3.8) is 0 Å². The fourth-order valence-corrected chi connectivity index (χ4v) is 2.63. The number of ether oxygens (including phenoxy) is 1. The molecule has 24 heavy (non-hydrogen) atoms. The Morgan fingerprint density at radius 3 is 2.58 bits per heavy atom. The second-order valence-electron chi connectivity index (χ2n) is 5.44. The Balaban J connectivity index is 2.12. The molecule has 0 bridgehead atoms. The van der Waals surface area contributed by atoms with Crippen LogP contribution in [0.25, 0.3) is 11.1 Å². The third-order valence-corrected chi connectivity index (χ3v) is 3.84. The summed E-state index contributed by atoms with van der Waals surface area (Å²) in [5.41, 5.74) is 0.471. The van der Waals surface area contributed by atoms with E-state index in [-0.39, 0.29) is 0 Å². The molecule has 1 saturated heterocycles. The molecule has 1 aromatic heterocycles. The van der Waals surface area contributed by atoms with E-state index in [0.717, 1.165) is 12.3 Å². The third-order valence-electron chi connectivity index (χ3n) is 3.84. The highest BCUT2D eigenvalue weighted by molar-refractivity contribution is 5.82. The van der Waals surface area contributed by atoms with E-state index in [1.54, 1.807) is 24.3 Å². The van der Waals surface area contributed by atoms with Gasteiger partial charge in [0.05, 0.1) is 18.8 Å². The molecule has 1 fully saturated rings. The van der Waals surface area contributed by atoms with Gasteiger partial charge in [-0.05, 0) is 17.7 Å². The van der Waals surface area contributed by atoms with E-state index in [1.807, 2.05) is 4.90 Å². The smallest absolute Gasteiger partial charge is 0.378 e. The number of hydrogen-bond acceptors (Lipinski definition) is 4. The van der Waals surface area contributed by atoms with Gasteiger partial charge in [0.2, 0.25) is 0 Å². The minimum absolute atomic E-state index is 0.357. The van der Waals surface area contributed by atoms with Crippen molar-refractivity contribution in [3.05, 3.63) is 47.7 Å². The number of hydrogen-bond donors (Lipinski definition) is 0. The summed E-state index contributed by atoms with van der Waals surface area (Å²) in [5.74, 6) is 0.467. The largest absolute Gasteiger partial charge is 0.417 e. The second kappa shape index (κ2) is 6.60. The van der Waals surface area contributed by atoms with Crippen LogP contribution in [0.2, 0.25) is 0 Å². The van der Waals surface area contributed by atoms with Gasteiger partial charge in [-0.1, -0.05) is 18.2 Å². The average Bonchev–Trinajstić information content (AvgIpc) is 2.61. The first-order valence-electron chi connectivity index (χ1n) is 7.44. The lowest BCUT2D eigenvalue weighted by molar-refractivity contribution is -0.137. The molecule has 1 aliphatic heterocycles. The quantitative estimate of drug-likeness (QED) is 0.806. The summed E-state index contributed by atoms with van der Waals surface area (Å²) >= 11 is 0. The van der Waals surface area contributed by atoms with Crippen molar-refractivity contribution in [2.45, 2.75) is 6.18 Å². The molecule has 0 N–H and O–H groups in total. The first kappa shape index (κ1) is 16.4. The van der Waals surface area contributed by atoms with E-state index >= 15 is 0 Å². The number of aromatic nitrogens is 1. The number of benzene rings is 1. The molecule has 3 rings (SSSR count). The van der Waals surface area contributed by atoms with Crippen LogP contribution in [0.5, 0.6) is 0 Å². The van der Waals surface area contributed by atoms with Crippen LogP contribution in [0.4, 0.5) is 19.0 Å². The molecular formula is C17H15F3N2O2. The first-order chi connectivity index (χ1) is 11.5. The Kier molecular flexibility index (Phi) is 4.53. The van der Waals surface area contributed by atoms with Gasteiger partial charge in [-0.25, -0.2) is 4.98 Å². The molecule has 2 aromatic rings. The Morgan fingerprint density at radius 2 is 1.92 bits per heavy atom. The molecule has 0 spiro atoms. The van der Waals surface area contributed by atoms with Crippen molar-refractivity contribution in [1.29, 1.82) is 0 Å². The number of carbonyl (C=O) groups excluding carboxylic acids is 1. The molecule has 7 heteroatoms. The predicted molar refractivity (Wildman–Crippen MR) is 83.1 cm³/mol. The fourth-order valence-electron chi connectivity index (χ4n) is 2.63. The predicted octanol–water partition coefficient (Wildman–Crippen LogP) is 3.42. The number of pyridine rings is 1. The molecule has 4 nitrogen and oxygen atoms in total. The van der Waals surface area contributed by atoms with Crippen LogP contribution >= 0.6 is 0 Å². The summed E-state index contributed by atoms with van der Waals surface area (Å²) in [6.45, 7) is 2.10. The zero-order valence-corrected chi connectivity index (χ0v) is 12.7. The van der Waals surface area contributed by atoms with Gasteiger partial charge in [-0.2, -0.15) is 13.2 Å². The molecule has 1 aliphatic rings. The minimum atomic E-state index is -4.48. The Bertz CT molecular complexity index is 741. The van der Waals surface area contributed by atoms with Crippen molar-refractivity contribution in [3.8, 4) is 11.1 Å². The van der Waals surface area contributed by atoms with Gasteiger partial charge in [-0.15, -0.1) is 0 Å². The number of carbonyl (C=O) groups is 1. The van der Waals surface area contributed by atoms with Crippen molar-refractivity contribution < 1.29 is 22.7 Å². The van der Waals surface area contributed by atoms with Gasteiger partial charge in [0, 0.05) is 30.4 Å². The van der Waals surface area contributed by atoms with Crippen molar-refractivity contribution in [2.24, 2.45) is 0 Å². The van der Waals surface area contributed by atoms with Crippen LogP contribution in [-0.4, -0.2) is 37.6 Å². The van der Waals surface area contributed by atoms with Crippen LogP contribution in [0.3, 0.4) is 0 Å². The molecule has 1 aromatic carbocycles. The zero-order chi connectivity index (χ0) is 17.2. The molecule has 0 aliphatic carbocycles. The third kappa shape index (κ3) is 3.41. The van der Waals surface area contributed by atoms with Gasteiger partial charge in [0.15, 0.2) is 0 Å². The van der Waals surface area contributed by atoms with Crippen LogP contribution in [0, 0.1) is 0 Å². The molecule has 0 unspecified atom stereocenters. The Hall–Kier alpha value is -2.41. The lowest BCUT2D eigenvalue weighted by Crippen LogP contribution is -2.37. The Labute approximate surface area is 136 Å². The van der Waals surface area contributed by atoms with Gasteiger partial charge in [-0.3, -0.25) is 4.79 Å². The van der Waals surface area contributed by atoms with Crippen molar-refractivity contribution in [2.75, 3.05) is 31.2 Å². The van der Waals surface area contributed by atoms with Gasteiger partial charge < -0.3 is 9.64 Å². The summed E-state index contributed by atoms with van der Waals surface area (Å²) in [5, 5.41) is 0. The lowest BCUT2D eigenvalue weighted by atomic mass is 10.0. The molecule has 0 radical (unpaired) electrons. The standard InChI is InChI=1S/C17H15F3N2O2/c18-17(19,20)14-9-15(13-3-1-2-12(8-13)11-23)16(21-10-14)22-4-6-24-7-5-22/h1-3,8-11H,4-7H2. The van der Waals surface area contributed by atoms with E-state index in [2.05, 4.69) is 4.98 Å². The number of rotatable bonds is 3. The van der Waals surface area contributed by atoms with Gasteiger partial charge >= 0.3 is 6.18 Å². The minimum Gasteiger partial charge on any atom is -0.378 e. The number of aldehydes is 1. The summed E-state index contributed by atoms with van der Waals surface area (Å²) in [6, 6.07) is 7.57. The van der Waals surface area contributed by atoms with Crippen LogP contribution < -0.4 is 4.90 Å². The molecule has 0 saturated carbocycles. The Morgan fingerprint density at radius 1 is 1.17 bits per heavy atom. The highest BCUT2D eigenvalue weighted by Crippen LogP contribution is 2.36. The normalized spacial score (nSPS) is 15.4. The second-order valence-corrected chi connectivity index (χ2v) is 5.44. The van der Waals surface area contributed by atoms with Crippen LogP contribution in [0.15, 0.2) is 36.5 Å². The number of anilines is 1. The summed E-state index contributed by atoms with van der Waals surface area (Å²) in [6.07, 6.45) is -2.97. The van der Waals surface area contributed by atoms with E-state index < -0.39 is 11.7 Å². The first-order valence-corrected chi connectivity index (χ1v) is 7.44. The van der Waals surface area contributed by atoms with Crippen LogP contribution in [-0.2, 0) is 10.9 Å². The number of halogens is 3. The highest BCUT2D eigenvalue weighted by Gasteiger charge is 2.32. The number of alkyl halides is 3. The maximum atomic E-state index is 13.1. The molecule has 0 atom stereocenters. The molecule has 2 heterocycles. The SMILES string of the molecule is O=Cc1cccc(-c2cc(C(F)(F)F)cnc2N2CCOCC2)c1. The summed E-state index contributed by atoms with van der Waals surface area (Å²) < 4.78 is 44.5. The molecule has 126 valence electrons. The summed E-state index contributed by atoms with van der Waals surface area (Å²) in [4.78, 5) is 16.9. The monoisotopic (exact) mass is 336 g/mol. The van der Waals surface area contributed by atoms with E-state index in [1.165, 1.54) is 0 Å². The number of nitrogens with zero attached hydrogens (tertiary/aromatic N) is 2. The van der Waals surface area contributed by atoms with E-state index in [9.17, 15) is 18.0 Å². The maximum absolute atomic E-state index is 13.1. The molecular weight excluding hydrogens is 321 g/mol. The zero-order valence-electron chi connectivity index (χ0n) is 12.7. The lowest BCUT2D eigenvalue weighted by Gasteiger charge is -2.30. The van der Waals surface area contributed by atoms with Gasteiger partial charge in [0.25, 0.3) is 0 Å². The number of morpholine rings is 1. The maximum Gasteiger partial charge on any atom is 0.417 e. The highest BCUT2D eigenvalue weighted by atomic mass is 19.4. The summed E-state index contributed by atoms with van der Waals surface area (Å²) in [7, 11) is 0. The average molecular weight is 336 g/mol. The van der Waals surface area contributed by atoms with E-state index in [4.69, 9.17) is 4.74 Å². The fraction of sp³-hybridized carbons (Fsp3) is 0.294. The van der Waals surface area contributed by atoms with Crippen LogP contribution in [0.1, 0.15) is 15.9 Å². The van der Waals surface area contributed by atoms with Crippen molar-refractivity contribution in [1.82, 2.24) is 4.98 Å². The topological polar surface area (TPSA) is 42.4 Å². The van der Waals surface area contributed by atoms with Crippen molar-refractivity contribution >= 4 is 12.1 Å². The van der Waals surface area contributed by atoms with E-state index in [0.29, 0.717) is 55.1 Å². The molecule has 0 amide bonds. The van der Waals surface area contributed by atoms with Gasteiger partial charge in [0.1, 0.15) is 12.1 Å².